The molecule has 1 saturated heterocycles. The number of hydrogen-bond donors (Lipinski definition) is 1. The van der Waals surface area contributed by atoms with Crippen LogP contribution < -0.4 is 0 Å². The number of aliphatic hydroxyl groups is 1. The molecule has 3 heteroatoms. The Labute approximate surface area is 96.8 Å². The summed E-state index contributed by atoms with van der Waals surface area (Å²) in [6.07, 6.45) is 6.27. The fourth-order valence-corrected chi connectivity index (χ4v) is 2.07. The molecule has 16 heavy (non-hydrogen) atoms. The highest BCUT2D eigenvalue weighted by Gasteiger charge is 2.38. The van der Waals surface area contributed by atoms with Gasteiger partial charge in [-0.3, -0.25) is 4.79 Å². The molecule has 0 unspecified atom stereocenters. The summed E-state index contributed by atoms with van der Waals surface area (Å²) in [6, 6.07) is 0. The number of ether oxygens (including phenoxy) is 1. The second-order valence-corrected chi connectivity index (χ2v) is 4.20. The van der Waals surface area contributed by atoms with Gasteiger partial charge in [0.1, 0.15) is 6.10 Å². The molecule has 90 valence electrons. The van der Waals surface area contributed by atoms with E-state index in [-0.39, 0.29) is 18.0 Å². The van der Waals surface area contributed by atoms with Crippen molar-refractivity contribution >= 4 is 5.97 Å². The first-order chi connectivity index (χ1) is 7.69. The summed E-state index contributed by atoms with van der Waals surface area (Å²) in [5.74, 6) is -0.260. The van der Waals surface area contributed by atoms with E-state index < -0.39 is 6.10 Å². The van der Waals surface area contributed by atoms with Crippen molar-refractivity contribution in [1.29, 1.82) is 0 Å². The third-order valence-electron chi connectivity index (χ3n) is 2.98. The monoisotopic (exact) mass is 224 g/mol. The van der Waals surface area contributed by atoms with Gasteiger partial charge in [-0.15, -0.1) is 13.2 Å². The highest BCUT2D eigenvalue weighted by atomic mass is 16.6. The molecule has 0 bridgehead atoms. The molecule has 0 aromatic heterocycles. The fraction of sp³-hybridized carbons (Fsp3) is 0.615. The van der Waals surface area contributed by atoms with Crippen molar-refractivity contribution in [2.75, 3.05) is 0 Å². The van der Waals surface area contributed by atoms with Crippen molar-refractivity contribution in [1.82, 2.24) is 0 Å². The number of aliphatic hydroxyl groups excluding tert-OH is 1. The van der Waals surface area contributed by atoms with E-state index in [1.165, 1.54) is 0 Å². The first-order valence-corrected chi connectivity index (χ1v) is 5.78. The van der Waals surface area contributed by atoms with Crippen molar-refractivity contribution in [2.24, 2.45) is 5.92 Å². The minimum Gasteiger partial charge on any atom is -0.462 e. The lowest BCUT2D eigenvalue weighted by Gasteiger charge is -2.21. The van der Waals surface area contributed by atoms with E-state index in [0.717, 1.165) is 19.3 Å². The van der Waals surface area contributed by atoms with Crippen molar-refractivity contribution in [3.8, 4) is 0 Å². The van der Waals surface area contributed by atoms with Crippen LogP contribution in [0.4, 0.5) is 0 Å². The number of allylic oxidation sites excluding steroid dienone is 2. The van der Waals surface area contributed by atoms with E-state index in [1.807, 2.05) is 0 Å². The second-order valence-electron chi connectivity index (χ2n) is 4.20. The van der Waals surface area contributed by atoms with Gasteiger partial charge in [-0.05, 0) is 25.7 Å². The molecule has 0 saturated carbocycles. The SMILES string of the molecule is C=CCC[C@@H]1OC(=O)C[C@H]1[C@@H](O)CCC=C. The van der Waals surface area contributed by atoms with Crippen molar-refractivity contribution in [3.63, 3.8) is 0 Å². The molecule has 0 aromatic rings. The topological polar surface area (TPSA) is 46.5 Å². The molecule has 0 aromatic carbocycles. The number of hydrogen-bond acceptors (Lipinski definition) is 3. The number of carbonyl (C=O) groups is 1. The number of carbonyl (C=O) groups excluding carboxylic acids is 1. The smallest absolute Gasteiger partial charge is 0.306 e. The molecule has 1 aliphatic heterocycles. The Morgan fingerprint density at radius 3 is 2.75 bits per heavy atom. The van der Waals surface area contributed by atoms with Crippen molar-refractivity contribution < 1.29 is 14.6 Å². The highest BCUT2D eigenvalue weighted by molar-refractivity contribution is 5.72. The summed E-state index contributed by atoms with van der Waals surface area (Å²) >= 11 is 0. The predicted octanol–water partition coefficient (Wildman–Crippen LogP) is 2.21. The highest BCUT2D eigenvalue weighted by Crippen LogP contribution is 2.30. The van der Waals surface area contributed by atoms with Gasteiger partial charge < -0.3 is 9.84 Å². The quantitative estimate of drug-likeness (QED) is 0.532. The van der Waals surface area contributed by atoms with Gasteiger partial charge in [0.25, 0.3) is 0 Å². The Morgan fingerprint density at radius 1 is 1.44 bits per heavy atom. The minimum atomic E-state index is -0.473. The van der Waals surface area contributed by atoms with Gasteiger partial charge in [0.15, 0.2) is 0 Å². The second kappa shape index (κ2) is 6.48. The maximum absolute atomic E-state index is 11.2. The maximum atomic E-state index is 11.2. The Bertz CT molecular complexity index is 260. The van der Waals surface area contributed by atoms with E-state index in [4.69, 9.17) is 4.74 Å². The summed E-state index contributed by atoms with van der Waals surface area (Å²) in [6.45, 7) is 7.26. The third-order valence-corrected chi connectivity index (χ3v) is 2.98. The first-order valence-electron chi connectivity index (χ1n) is 5.78. The van der Waals surface area contributed by atoms with E-state index in [9.17, 15) is 9.90 Å². The zero-order chi connectivity index (χ0) is 12.0. The molecule has 3 atom stereocenters. The summed E-state index contributed by atoms with van der Waals surface area (Å²) in [5.41, 5.74) is 0. The van der Waals surface area contributed by atoms with Crippen LogP contribution in [0.15, 0.2) is 25.3 Å². The molecular formula is C13H20O3. The average molecular weight is 224 g/mol. The number of esters is 1. The normalized spacial score (nSPS) is 26.2. The largest absolute Gasteiger partial charge is 0.462 e. The van der Waals surface area contributed by atoms with Crippen LogP contribution in [-0.4, -0.2) is 23.3 Å². The number of rotatable bonds is 7. The first kappa shape index (κ1) is 13.0. The average Bonchev–Trinajstić information content (AvgIpc) is 2.64. The lowest BCUT2D eigenvalue weighted by atomic mass is 9.89. The standard InChI is InChI=1S/C13H20O3/c1-3-5-7-11(14)10-9-13(15)16-12(10)8-6-4-2/h3-4,10-12,14H,1-2,5-9H2/t10-,11-,12-/m0/s1. The number of cyclic esters (lactones) is 1. The fourth-order valence-electron chi connectivity index (χ4n) is 2.07. The molecule has 1 rings (SSSR count). The molecule has 3 nitrogen and oxygen atoms in total. The van der Waals surface area contributed by atoms with Crippen molar-refractivity contribution in [3.05, 3.63) is 25.3 Å². The Balaban J connectivity index is 2.50. The van der Waals surface area contributed by atoms with Crippen LogP contribution >= 0.6 is 0 Å². The van der Waals surface area contributed by atoms with Crippen LogP contribution in [0.3, 0.4) is 0 Å². The summed E-state index contributed by atoms with van der Waals surface area (Å²) < 4.78 is 5.20. The minimum absolute atomic E-state index is 0.0626. The summed E-state index contributed by atoms with van der Waals surface area (Å²) in [5, 5.41) is 9.96. The van der Waals surface area contributed by atoms with Gasteiger partial charge in [-0.2, -0.15) is 0 Å². The lowest BCUT2D eigenvalue weighted by molar-refractivity contribution is -0.141. The molecular weight excluding hydrogens is 204 g/mol. The predicted molar refractivity (Wildman–Crippen MR) is 62.9 cm³/mol. The van der Waals surface area contributed by atoms with Crippen LogP contribution in [0.1, 0.15) is 32.1 Å². The molecule has 1 aliphatic rings. The van der Waals surface area contributed by atoms with Gasteiger partial charge >= 0.3 is 5.97 Å². The van der Waals surface area contributed by atoms with Gasteiger partial charge in [-0.25, -0.2) is 0 Å². The van der Waals surface area contributed by atoms with Crippen LogP contribution in [0.2, 0.25) is 0 Å². The van der Waals surface area contributed by atoms with E-state index in [2.05, 4.69) is 13.2 Å². The Kier molecular flexibility index (Phi) is 5.26. The molecule has 0 aliphatic carbocycles. The van der Waals surface area contributed by atoms with Crippen LogP contribution in [0.25, 0.3) is 0 Å². The van der Waals surface area contributed by atoms with Gasteiger partial charge in [-0.1, -0.05) is 12.2 Å². The van der Waals surface area contributed by atoms with Gasteiger partial charge in [0, 0.05) is 5.92 Å². The molecule has 0 spiro atoms. The Hall–Kier alpha value is -1.09. The summed E-state index contributed by atoms with van der Waals surface area (Å²) in [4.78, 5) is 11.2. The van der Waals surface area contributed by atoms with E-state index in [1.54, 1.807) is 12.2 Å². The Morgan fingerprint density at radius 2 is 2.12 bits per heavy atom. The molecule has 1 heterocycles. The van der Waals surface area contributed by atoms with Crippen LogP contribution in [0.5, 0.6) is 0 Å². The van der Waals surface area contributed by atoms with Crippen LogP contribution in [-0.2, 0) is 9.53 Å². The van der Waals surface area contributed by atoms with Gasteiger partial charge in [0.05, 0.1) is 12.5 Å². The van der Waals surface area contributed by atoms with Gasteiger partial charge in [0.2, 0.25) is 0 Å². The zero-order valence-corrected chi connectivity index (χ0v) is 9.60. The summed E-state index contributed by atoms with van der Waals surface area (Å²) in [7, 11) is 0. The lowest BCUT2D eigenvalue weighted by Crippen LogP contribution is -2.28. The molecule has 0 radical (unpaired) electrons. The van der Waals surface area contributed by atoms with Crippen molar-refractivity contribution in [2.45, 2.75) is 44.3 Å². The van der Waals surface area contributed by atoms with E-state index in [0.29, 0.717) is 12.8 Å². The molecule has 0 amide bonds. The third kappa shape index (κ3) is 3.49. The zero-order valence-electron chi connectivity index (χ0n) is 9.60. The molecule has 1 N–H and O–H groups in total. The molecule has 1 fully saturated rings. The van der Waals surface area contributed by atoms with E-state index >= 15 is 0 Å². The maximum Gasteiger partial charge on any atom is 0.306 e. The van der Waals surface area contributed by atoms with Crippen LogP contribution in [0, 0.1) is 5.92 Å².